The maximum absolute atomic E-state index is 13.8. The lowest BCUT2D eigenvalue weighted by molar-refractivity contribution is -0.137. The highest BCUT2D eigenvalue weighted by Crippen LogP contribution is 2.35. The van der Waals surface area contributed by atoms with Gasteiger partial charge in [-0.1, -0.05) is 6.08 Å². The lowest BCUT2D eigenvalue weighted by atomic mass is 10.0. The van der Waals surface area contributed by atoms with Crippen molar-refractivity contribution in [2.24, 2.45) is 0 Å². The van der Waals surface area contributed by atoms with Crippen LogP contribution in [0.1, 0.15) is 41.4 Å². The van der Waals surface area contributed by atoms with Gasteiger partial charge in [-0.25, -0.2) is 18.4 Å². The summed E-state index contributed by atoms with van der Waals surface area (Å²) in [4.78, 5) is 31.0. The normalized spacial score (nSPS) is 14.1. The fourth-order valence-electron chi connectivity index (χ4n) is 4.51. The predicted molar refractivity (Wildman–Crippen MR) is 158 cm³/mol. The molecule has 3 N–H and O–H groups in total. The molecule has 1 fully saturated rings. The second kappa shape index (κ2) is 14.2. The van der Waals surface area contributed by atoms with E-state index in [2.05, 4.69) is 40.8 Å². The van der Waals surface area contributed by atoms with Crippen LogP contribution in [0.15, 0.2) is 49.1 Å². The van der Waals surface area contributed by atoms with Gasteiger partial charge >= 0.3 is 6.18 Å². The van der Waals surface area contributed by atoms with E-state index in [1.807, 2.05) is 19.2 Å². The highest BCUT2D eigenvalue weighted by molar-refractivity contribution is 7.74. The summed E-state index contributed by atoms with van der Waals surface area (Å²) in [6.45, 7) is 3.31. The Kier molecular flexibility index (Phi) is 10.4. The van der Waals surface area contributed by atoms with Gasteiger partial charge in [0, 0.05) is 50.3 Å². The molecule has 1 saturated heterocycles. The number of rotatable bonds is 11. The minimum atomic E-state index is -4.79. The number of hydrogen-bond donors (Lipinski definition) is 4. The molecule has 2 aromatic heterocycles. The molecule has 0 saturated carbocycles. The Labute approximate surface area is 253 Å². The lowest BCUT2D eigenvalue weighted by Crippen LogP contribution is -2.43. The van der Waals surface area contributed by atoms with E-state index in [-0.39, 0.29) is 41.7 Å². The molecule has 0 radical (unpaired) electrons. The SMILES string of the molecule is CC=CN1CCC(NC(=O)c2ccc(Nc3ncc(C(F)(F)F)c(NCc4nccnc4N(C)[SH](=O)=O)n3)c(OC)c2)CC1. The number of anilines is 4. The number of likely N-dealkylation sites (tertiary alicyclic amines) is 1. The molecular formula is C27H32F3N9O4S. The van der Waals surface area contributed by atoms with Crippen molar-refractivity contribution in [2.75, 3.05) is 42.2 Å². The third-order valence-electron chi connectivity index (χ3n) is 6.76. The fourth-order valence-corrected chi connectivity index (χ4v) is 4.83. The second-order valence-corrected chi connectivity index (χ2v) is 10.8. The van der Waals surface area contributed by atoms with Crippen LogP contribution in [0.2, 0.25) is 0 Å². The van der Waals surface area contributed by atoms with Crippen molar-refractivity contribution in [1.82, 2.24) is 30.2 Å². The van der Waals surface area contributed by atoms with E-state index < -0.39 is 28.4 Å². The second-order valence-electron chi connectivity index (χ2n) is 9.70. The molecule has 236 valence electrons. The van der Waals surface area contributed by atoms with Crippen LogP contribution in [0.5, 0.6) is 5.75 Å². The standard InChI is InChI=1S/C27H32F3N9O4S/c1-4-11-39-12-7-18(8-13-39)35-25(40)17-5-6-20(22(14-17)43-3)36-26-34-15-19(27(28,29)30)23(37-26)33-16-21-24(32-10-9-31-21)38(2)44(41)42/h4-6,9-11,14-15,18,44H,7-8,12-13,16H2,1-3H3,(H,35,40)(H2,33,34,36,37). The Balaban J connectivity index is 1.51. The predicted octanol–water partition coefficient (Wildman–Crippen LogP) is 3.34. The van der Waals surface area contributed by atoms with Crippen LogP contribution in [-0.2, 0) is 23.6 Å². The maximum atomic E-state index is 13.8. The van der Waals surface area contributed by atoms with E-state index in [0.29, 0.717) is 17.4 Å². The number of benzene rings is 1. The Morgan fingerprint density at radius 3 is 2.57 bits per heavy atom. The zero-order valence-corrected chi connectivity index (χ0v) is 25.0. The van der Waals surface area contributed by atoms with E-state index in [9.17, 15) is 26.4 Å². The number of hydrogen-bond acceptors (Lipinski definition) is 11. The Morgan fingerprint density at radius 1 is 1.18 bits per heavy atom. The number of carbonyl (C=O) groups excluding carboxylic acids is 1. The third kappa shape index (κ3) is 8.03. The molecule has 0 aliphatic carbocycles. The summed E-state index contributed by atoms with van der Waals surface area (Å²) >= 11 is 0. The van der Waals surface area contributed by atoms with Gasteiger partial charge in [0.25, 0.3) is 5.91 Å². The number of alkyl halides is 3. The van der Waals surface area contributed by atoms with Gasteiger partial charge in [-0.15, -0.1) is 0 Å². The first-order chi connectivity index (χ1) is 21.0. The summed E-state index contributed by atoms with van der Waals surface area (Å²) in [6.07, 6.45) is 3.99. The minimum Gasteiger partial charge on any atom is -0.495 e. The number of thiol groups is 1. The maximum Gasteiger partial charge on any atom is 0.421 e. The number of aromatic nitrogens is 4. The topological polar surface area (TPSA) is 155 Å². The Hall–Kier alpha value is -4.67. The Bertz CT molecular complexity index is 1570. The first-order valence-corrected chi connectivity index (χ1v) is 14.6. The number of methoxy groups -OCH3 is 1. The molecule has 0 bridgehead atoms. The van der Waals surface area contributed by atoms with Crippen LogP contribution >= 0.6 is 0 Å². The molecular weight excluding hydrogens is 603 g/mol. The van der Waals surface area contributed by atoms with Gasteiger partial charge in [0.1, 0.15) is 22.8 Å². The van der Waals surface area contributed by atoms with Crippen LogP contribution in [0, 0.1) is 0 Å². The molecule has 0 spiro atoms. The molecule has 1 amide bonds. The highest BCUT2D eigenvalue weighted by Gasteiger charge is 2.35. The molecule has 17 heteroatoms. The summed E-state index contributed by atoms with van der Waals surface area (Å²) in [5.74, 6) is -0.839. The number of piperidine rings is 1. The molecule has 3 heterocycles. The highest BCUT2D eigenvalue weighted by atomic mass is 32.2. The molecule has 13 nitrogen and oxygen atoms in total. The number of nitrogens with one attached hydrogen (secondary N) is 3. The molecule has 0 atom stereocenters. The van der Waals surface area contributed by atoms with Crippen LogP contribution in [0.3, 0.4) is 0 Å². The van der Waals surface area contributed by atoms with Crippen molar-refractivity contribution >= 4 is 40.1 Å². The van der Waals surface area contributed by atoms with Crippen LogP contribution in [-0.4, -0.2) is 72.4 Å². The average molecular weight is 636 g/mol. The van der Waals surface area contributed by atoms with E-state index in [0.717, 1.165) is 30.2 Å². The van der Waals surface area contributed by atoms with E-state index in [1.54, 1.807) is 12.1 Å². The monoisotopic (exact) mass is 635 g/mol. The molecule has 1 aliphatic heterocycles. The molecule has 4 rings (SSSR count). The van der Waals surface area contributed by atoms with Gasteiger partial charge in [0.2, 0.25) is 16.8 Å². The summed E-state index contributed by atoms with van der Waals surface area (Å²) in [6, 6.07) is 4.65. The van der Waals surface area contributed by atoms with Crippen LogP contribution < -0.4 is 25.0 Å². The molecule has 0 unspecified atom stereocenters. The van der Waals surface area contributed by atoms with E-state index in [4.69, 9.17) is 4.74 Å². The smallest absolute Gasteiger partial charge is 0.421 e. The van der Waals surface area contributed by atoms with Crippen molar-refractivity contribution in [1.29, 1.82) is 0 Å². The Morgan fingerprint density at radius 2 is 1.91 bits per heavy atom. The first-order valence-electron chi connectivity index (χ1n) is 13.5. The number of allylic oxidation sites excluding steroid dienone is 1. The molecule has 44 heavy (non-hydrogen) atoms. The van der Waals surface area contributed by atoms with Gasteiger partial charge in [0.15, 0.2) is 5.82 Å². The molecule has 3 aromatic rings. The van der Waals surface area contributed by atoms with Gasteiger partial charge in [0.05, 0.1) is 19.3 Å². The third-order valence-corrected chi connectivity index (χ3v) is 7.44. The van der Waals surface area contributed by atoms with Crippen LogP contribution in [0.25, 0.3) is 0 Å². The number of carbonyl (C=O) groups is 1. The largest absolute Gasteiger partial charge is 0.495 e. The number of nitrogens with zero attached hydrogens (tertiary/aromatic N) is 6. The zero-order chi connectivity index (χ0) is 31.9. The van der Waals surface area contributed by atoms with E-state index in [1.165, 1.54) is 32.6 Å². The van der Waals surface area contributed by atoms with E-state index >= 15 is 0 Å². The number of ether oxygens (including phenoxy) is 1. The summed E-state index contributed by atoms with van der Waals surface area (Å²) in [7, 11) is -0.416. The van der Waals surface area contributed by atoms with Crippen molar-refractivity contribution in [3.05, 3.63) is 65.9 Å². The van der Waals surface area contributed by atoms with Crippen molar-refractivity contribution in [3.8, 4) is 5.75 Å². The van der Waals surface area contributed by atoms with Crippen LogP contribution in [0.4, 0.5) is 36.4 Å². The average Bonchev–Trinajstić information content (AvgIpc) is 3.00. The minimum absolute atomic E-state index is 0.0284. The summed E-state index contributed by atoms with van der Waals surface area (Å²) in [5.41, 5.74) is -0.406. The summed E-state index contributed by atoms with van der Waals surface area (Å²) < 4.78 is 70.5. The van der Waals surface area contributed by atoms with Gasteiger partial charge in [-0.05, 0) is 44.2 Å². The first kappa shape index (κ1) is 32.2. The number of halogens is 3. The van der Waals surface area contributed by atoms with Gasteiger partial charge in [-0.3, -0.25) is 14.1 Å². The van der Waals surface area contributed by atoms with Crippen molar-refractivity contribution in [2.45, 2.75) is 38.5 Å². The summed E-state index contributed by atoms with van der Waals surface area (Å²) in [5, 5.41) is 8.44. The van der Waals surface area contributed by atoms with Gasteiger partial charge < -0.3 is 25.6 Å². The lowest BCUT2D eigenvalue weighted by Gasteiger charge is -2.31. The van der Waals surface area contributed by atoms with Crippen molar-refractivity contribution < 1.29 is 31.1 Å². The van der Waals surface area contributed by atoms with Crippen molar-refractivity contribution in [3.63, 3.8) is 0 Å². The fraction of sp³-hybridized carbons (Fsp3) is 0.370. The quantitative estimate of drug-likeness (QED) is 0.229. The van der Waals surface area contributed by atoms with Gasteiger partial charge in [-0.2, -0.15) is 18.2 Å². The molecule has 1 aliphatic rings. The zero-order valence-electron chi connectivity index (χ0n) is 24.1. The molecule has 1 aromatic carbocycles. The number of amides is 1.